The molecule has 2 fully saturated rings. The molecule has 9 heteroatoms. The van der Waals surface area contributed by atoms with Gasteiger partial charge >= 0.3 is 0 Å². The first-order chi connectivity index (χ1) is 17.1. The highest BCUT2D eigenvalue weighted by molar-refractivity contribution is 5.85. The highest BCUT2D eigenvalue weighted by Gasteiger charge is 2.31. The minimum Gasteiger partial charge on any atom is -0.373 e. The molecule has 4 aromatic heterocycles. The molecule has 6 heterocycles. The maximum atomic E-state index is 6.17. The van der Waals surface area contributed by atoms with Crippen molar-refractivity contribution in [2.45, 2.75) is 83.4 Å². The molecule has 2 atom stereocenters. The second-order valence-corrected chi connectivity index (χ2v) is 10.3. The van der Waals surface area contributed by atoms with E-state index < -0.39 is 0 Å². The molecule has 2 unspecified atom stereocenters. The zero-order valence-corrected chi connectivity index (χ0v) is 20.3. The maximum absolute atomic E-state index is 6.17. The number of hydrogen-bond acceptors (Lipinski definition) is 7. The van der Waals surface area contributed by atoms with Gasteiger partial charge in [0.15, 0.2) is 5.65 Å². The summed E-state index contributed by atoms with van der Waals surface area (Å²) in [6, 6.07) is 0.570. The minimum absolute atomic E-state index is 0.00903. The van der Waals surface area contributed by atoms with Crippen molar-refractivity contribution >= 4 is 11.2 Å². The highest BCUT2D eigenvalue weighted by Crippen LogP contribution is 2.39. The van der Waals surface area contributed by atoms with Crippen molar-refractivity contribution in [2.24, 2.45) is 0 Å². The Morgan fingerprint density at radius 3 is 2.69 bits per heavy atom. The van der Waals surface area contributed by atoms with Crippen LogP contribution in [0.3, 0.4) is 0 Å². The molecule has 1 saturated carbocycles. The lowest BCUT2D eigenvalue weighted by atomic mass is 9.92. The Balaban J connectivity index is 1.28. The van der Waals surface area contributed by atoms with Gasteiger partial charge < -0.3 is 9.30 Å². The minimum atomic E-state index is 0.00903. The molecule has 3 aliphatic rings. The first-order valence-electron chi connectivity index (χ1n) is 12.9. The van der Waals surface area contributed by atoms with Crippen LogP contribution < -0.4 is 0 Å². The third kappa shape index (κ3) is 3.82. The zero-order valence-electron chi connectivity index (χ0n) is 20.3. The van der Waals surface area contributed by atoms with Crippen LogP contribution in [0.15, 0.2) is 18.6 Å². The van der Waals surface area contributed by atoms with Crippen molar-refractivity contribution in [3.8, 4) is 11.4 Å². The number of aryl methyl sites for hydroxylation is 4. The number of imidazole rings is 1. The second kappa shape index (κ2) is 8.19. The Morgan fingerprint density at radius 1 is 0.943 bits per heavy atom. The van der Waals surface area contributed by atoms with Gasteiger partial charge in [0.1, 0.15) is 28.6 Å². The fourth-order valence-corrected chi connectivity index (χ4v) is 5.34. The molecule has 7 rings (SSSR count). The fraction of sp³-hybridized carbons (Fsp3) is 0.538. The predicted molar refractivity (Wildman–Crippen MR) is 130 cm³/mol. The summed E-state index contributed by atoms with van der Waals surface area (Å²) in [4.78, 5) is 24.7. The lowest BCUT2D eigenvalue weighted by molar-refractivity contribution is 0.00396. The summed E-state index contributed by atoms with van der Waals surface area (Å²) in [5.41, 5.74) is 6.02. The quantitative estimate of drug-likeness (QED) is 0.436. The molecule has 2 aliphatic heterocycles. The number of nitrogens with zero attached hydrogens (tertiary/aromatic N) is 8. The van der Waals surface area contributed by atoms with Gasteiger partial charge in [-0.3, -0.25) is 4.68 Å². The van der Waals surface area contributed by atoms with E-state index in [-0.39, 0.29) is 12.0 Å². The van der Waals surface area contributed by atoms with Crippen LogP contribution in [0.2, 0.25) is 0 Å². The van der Waals surface area contributed by atoms with Crippen LogP contribution in [0.1, 0.15) is 85.2 Å². The molecule has 180 valence electrons. The molecule has 0 bridgehead atoms. The summed E-state index contributed by atoms with van der Waals surface area (Å²) < 4.78 is 10.5. The zero-order chi connectivity index (χ0) is 23.5. The van der Waals surface area contributed by atoms with Crippen LogP contribution in [-0.4, -0.2) is 45.9 Å². The Morgan fingerprint density at radius 2 is 1.83 bits per heavy atom. The van der Waals surface area contributed by atoms with Gasteiger partial charge in [0.2, 0.25) is 0 Å². The van der Waals surface area contributed by atoms with E-state index in [1.807, 2.05) is 20.0 Å². The van der Waals surface area contributed by atoms with Crippen LogP contribution in [0.5, 0.6) is 0 Å². The van der Waals surface area contributed by atoms with Gasteiger partial charge in [-0.2, -0.15) is 5.10 Å². The largest absolute Gasteiger partial charge is 0.373 e. The van der Waals surface area contributed by atoms with E-state index in [1.165, 1.54) is 25.7 Å². The van der Waals surface area contributed by atoms with Crippen LogP contribution >= 0.6 is 0 Å². The number of fused-ring (bicyclic) bond motifs is 2. The number of ether oxygens (including phenoxy) is 1. The summed E-state index contributed by atoms with van der Waals surface area (Å²) in [5, 5.41) is 4.57. The van der Waals surface area contributed by atoms with Crippen LogP contribution in [0, 0.1) is 13.8 Å². The normalized spacial score (nSPS) is 22.5. The van der Waals surface area contributed by atoms with Crippen molar-refractivity contribution in [1.82, 2.24) is 39.3 Å². The molecule has 0 amide bonds. The molecular weight excluding hydrogens is 440 g/mol. The maximum Gasteiger partial charge on any atom is 0.182 e. The van der Waals surface area contributed by atoms with Crippen molar-refractivity contribution in [3.63, 3.8) is 0 Å². The van der Waals surface area contributed by atoms with Gasteiger partial charge in [-0.05, 0) is 52.4 Å². The summed E-state index contributed by atoms with van der Waals surface area (Å²) in [6.45, 7) is 5.67. The van der Waals surface area contributed by atoms with E-state index in [0.29, 0.717) is 18.3 Å². The SMILES string of the molecule is Cc1nc2nc(C3CCOC(c4cnn(C5CC5)c4)C3)nc(-c3cn4c(n3)CCCC4)c2nc1C. The summed E-state index contributed by atoms with van der Waals surface area (Å²) in [6.07, 6.45) is 13.8. The number of aromatic nitrogens is 8. The molecule has 1 saturated heterocycles. The Labute approximate surface area is 204 Å². The first-order valence-corrected chi connectivity index (χ1v) is 12.9. The Kier molecular flexibility index (Phi) is 4.94. The predicted octanol–water partition coefficient (Wildman–Crippen LogP) is 4.40. The molecular formula is C26H30N8O. The van der Waals surface area contributed by atoms with Gasteiger partial charge in [-0.15, -0.1) is 0 Å². The van der Waals surface area contributed by atoms with Crippen molar-refractivity contribution in [3.05, 3.63) is 47.2 Å². The van der Waals surface area contributed by atoms with Gasteiger partial charge in [0.25, 0.3) is 0 Å². The molecule has 1 aliphatic carbocycles. The number of rotatable bonds is 4. The van der Waals surface area contributed by atoms with Crippen LogP contribution in [0.25, 0.3) is 22.6 Å². The third-order valence-corrected chi connectivity index (χ3v) is 7.67. The molecule has 9 nitrogen and oxygen atoms in total. The fourth-order valence-electron chi connectivity index (χ4n) is 5.34. The van der Waals surface area contributed by atoms with Gasteiger partial charge in [0, 0.05) is 43.4 Å². The van der Waals surface area contributed by atoms with Crippen LogP contribution in [-0.2, 0) is 17.7 Å². The van der Waals surface area contributed by atoms with E-state index in [2.05, 4.69) is 26.7 Å². The van der Waals surface area contributed by atoms with Gasteiger partial charge in [0.05, 0.1) is 29.7 Å². The Bertz CT molecular complexity index is 1390. The van der Waals surface area contributed by atoms with Gasteiger partial charge in [-0.25, -0.2) is 24.9 Å². The molecule has 0 radical (unpaired) electrons. The summed E-state index contributed by atoms with van der Waals surface area (Å²) in [5.74, 6) is 2.14. The van der Waals surface area contributed by atoms with Gasteiger partial charge in [-0.1, -0.05) is 0 Å². The third-order valence-electron chi connectivity index (χ3n) is 7.67. The highest BCUT2D eigenvalue weighted by atomic mass is 16.5. The average molecular weight is 471 g/mol. The topological polar surface area (TPSA) is 96.4 Å². The second-order valence-electron chi connectivity index (χ2n) is 10.3. The number of hydrogen-bond donors (Lipinski definition) is 0. The summed E-state index contributed by atoms with van der Waals surface area (Å²) >= 11 is 0. The van der Waals surface area contributed by atoms with E-state index >= 15 is 0 Å². The molecule has 0 aromatic carbocycles. The van der Waals surface area contributed by atoms with Crippen molar-refractivity contribution in [2.75, 3.05) is 6.61 Å². The summed E-state index contributed by atoms with van der Waals surface area (Å²) in [7, 11) is 0. The molecule has 0 N–H and O–H groups in total. The average Bonchev–Trinajstić information content (AvgIpc) is 3.44. The standard InChI is InChI=1S/C26H30N8O/c1-15-16(2)29-26-24(28-15)23(20-14-33-9-4-3-5-22(33)30-20)31-25(32-26)17-8-10-35-21(11-17)18-12-27-34(13-18)19-6-7-19/h12-14,17,19,21H,3-11H2,1-2H3. The smallest absolute Gasteiger partial charge is 0.182 e. The lowest BCUT2D eigenvalue weighted by Crippen LogP contribution is -2.20. The van der Waals surface area contributed by atoms with Crippen molar-refractivity contribution < 1.29 is 4.74 Å². The van der Waals surface area contributed by atoms with E-state index in [9.17, 15) is 0 Å². The van der Waals surface area contributed by atoms with Crippen molar-refractivity contribution in [1.29, 1.82) is 0 Å². The molecule has 35 heavy (non-hydrogen) atoms. The molecule has 4 aromatic rings. The van der Waals surface area contributed by atoms with E-state index in [4.69, 9.17) is 29.7 Å². The monoisotopic (exact) mass is 470 g/mol. The Hall–Kier alpha value is -3.20. The lowest BCUT2D eigenvalue weighted by Gasteiger charge is -2.28. The first kappa shape index (κ1) is 21.1. The van der Waals surface area contributed by atoms with E-state index in [0.717, 1.165) is 71.3 Å². The van der Waals surface area contributed by atoms with E-state index in [1.54, 1.807) is 0 Å². The van der Waals surface area contributed by atoms with Crippen LogP contribution in [0.4, 0.5) is 0 Å². The molecule has 0 spiro atoms.